The highest BCUT2D eigenvalue weighted by Crippen LogP contribution is 2.50. The number of hydrogen-bond acceptors (Lipinski definition) is 3. The van der Waals surface area contributed by atoms with Crippen molar-refractivity contribution in [1.82, 2.24) is 24.1 Å². The number of fused-ring (bicyclic) bond motifs is 6. The third-order valence-electron chi connectivity index (χ3n) is 14.1. The van der Waals surface area contributed by atoms with E-state index in [0.717, 1.165) is 60.9 Å². The van der Waals surface area contributed by atoms with Gasteiger partial charge < -0.3 is 9.13 Å². The molecule has 76 heavy (non-hydrogen) atoms. The van der Waals surface area contributed by atoms with Crippen LogP contribution in [0.25, 0.3) is 132 Å². The van der Waals surface area contributed by atoms with E-state index in [1.807, 2.05) is 180 Å². The lowest BCUT2D eigenvalue weighted by Gasteiger charge is -2.24. The first-order chi connectivity index (χ1) is 37.2. The molecule has 0 saturated carbocycles. The summed E-state index contributed by atoms with van der Waals surface area (Å²) in [6.07, 6.45) is -4.85. The van der Waals surface area contributed by atoms with E-state index < -0.39 is 11.7 Å². The molecule has 0 saturated heterocycles. The van der Waals surface area contributed by atoms with Gasteiger partial charge in [-0.1, -0.05) is 176 Å². The molecule has 13 rings (SSSR count). The highest BCUT2D eigenvalue weighted by Gasteiger charge is 2.38. The van der Waals surface area contributed by atoms with Crippen LogP contribution in [0.15, 0.2) is 231 Å². The molecule has 10 heteroatoms. The Kier molecular flexibility index (Phi) is 10.9. The Bertz CT molecular complexity index is 4450. The number of para-hydroxylation sites is 2. The number of halogens is 3. The molecule has 0 radical (unpaired) electrons. The Hall–Kier alpha value is -10.4. The fourth-order valence-electron chi connectivity index (χ4n) is 10.6. The normalized spacial score (nSPS) is 11.6. The minimum atomic E-state index is -4.85. The van der Waals surface area contributed by atoms with Crippen molar-refractivity contribution in [3.8, 4) is 78.9 Å². The largest absolute Gasteiger partial charge is 0.417 e. The van der Waals surface area contributed by atoms with Gasteiger partial charge in [-0.3, -0.25) is 0 Å². The lowest BCUT2D eigenvalue weighted by Crippen LogP contribution is -2.12. The van der Waals surface area contributed by atoms with Crippen LogP contribution in [0.5, 0.6) is 0 Å². The minimum absolute atomic E-state index is 0.0626. The molecule has 0 aliphatic heterocycles. The quantitative estimate of drug-likeness (QED) is 0.143. The standard InChI is InChI=1S/C66H38F3N7/c1-70-47-33-27-41(28-34-47)45-31-37-57-52(39-45)49-19-9-11-23-55(49)75(57)59-25-13-21-51(65-73-63(43-15-5-3-6-16-43)72-64(74-65)44-17-7-4-8-18-44)61(59)62-54(66(67,68)69)22-14-26-60(62)76-56-24-12-10-20-50(56)53-40-46(32-38-58(53)76)42-29-35-48(71-2)36-30-42/h3-40H. The van der Waals surface area contributed by atoms with E-state index in [0.29, 0.717) is 62.1 Å². The van der Waals surface area contributed by atoms with Gasteiger partial charge in [0.2, 0.25) is 0 Å². The molecule has 0 unspecified atom stereocenters. The predicted molar refractivity (Wildman–Crippen MR) is 299 cm³/mol. The Morgan fingerprint density at radius 2 is 0.750 bits per heavy atom. The van der Waals surface area contributed by atoms with E-state index >= 15 is 13.2 Å². The van der Waals surface area contributed by atoms with Crippen molar-refractivity contribution >= 4 is 55.0 Å². The summed E-state index contributed by atoms with van der Waals surface area (Å²) in [5, 5.41) is 3.49. The monoisotopic (exact) mass is 985 g/mol. The van der Waals surface area contributed by atoms with Gasteiger partial charge in [0.15, 0.2) is 28.8 Å². The zero-order valence-corrected chi connectivity index (χ0v) is 40.2. The number of rotatable bonds is 8. The molecule has 0 fully saturated rings. The number of alkyl halides is 3. The Morgan fingerprint density at radius 1 is 0.342 bits per heavy atom. The average Bonchev–Trinajstić information content (AvgIpc) is 4.09. The average molecular weight is 986 g/mol. The lowest BCUT2D eigenvalue weighted by molar-refractivity contribution is -0.137. The van der Waals surface area contributed by atoms with Gasteiger partial charge in [-0.15, -0.1) is 0 Å². The molecule has 0 amide bonds. The van der Waals surface area contributed by atoms with Crippen molar-refractivity contribution in [3.05, 3.63) is 259 Å². The van der Waals surface area contributed by atoms with Crippen LogP contribution < -0.4 is 0 Å². The van der Waals surface area contributed by atoms with Crippen LogP contribution in [0.2, 0.25) is 0 Å². The van der Waals surface area contributed by atoms with Crippen LogP contribution in [-0.2, 0) is 6.18 Å². The second-order valence-electron chi connectivity index (χ2n) is 18.4. The molecule has 0 spiro atoms. The summed E-state index contributed by atoms with van der Waals surface area (Å²) >= 11 is 0. The maximum Gasteiger partial charge on any atom is 0.417 e. The molecule has 0 N–H and O–H groups in total. The van der Waals surface area contributed by atoms with E-state index in [4.69, 9.17) is 28.1 Å². The van der Waals surface area contributed by atoms with Crippen LogP contribution in [0.3, 0.4) is 0 Å². The zero-order valence-electron chi connectivity index (χ0n) is 40.2. The summed E-state index contributed by atoms with van der Waals surface area (Å²) in [7, 11) is 0. The van der Waals surface area contributed by atoms with Crippen LogP contribution in [0.1, 0.15) is 5.56 Å². The van der Waals surface area contributed by atoms with Gasteiger partial charge in [-0.05, 0) is 76.9 Å². The summed E-state index contributed by atoms with van der Waals surface area (Å²) in [5.41, 5.74) is 9.60. The summed E-state index contributed by atoms with van der Waals surface area (Å²) in [6, 6.07) is 71.7. The number of benzene rings is 10. The molecule has 3 aromatic heterocycles. The Balaban J connectivity index is 1.16. The molecule has 358 valence electrons. The molecule has 7 nitrogen and oxygen atoms in total. The lowest BCUT2D eigenvalue weighted by atomic mass is 9.90. The number of nitrogens with zero attached hydrogens (tertiary/aromatic N) is 7. The highest BCUT2D eigenvalue weighted by molar-refractivity contribution is 6.13. The predicted octanol–water partition coefficient (Wildman–Crippen LogP) is 18.2. The molecule has 3 heterocycles. The first-order valence-electron chi connectivity index (χ1n) is 24.5. The fraction of sp³-hybridized carbons (Fsp3) is 0.0152. The summed E-state index contributed by atoms with van der Waals surface area (Å²) in [5.74, 6) is 0.913. The van der Waals surface area contributed by atoms with Gasteiger partial charge in [0.05, 0.1) is 52.1 Å². The molecule has 10 aromatic carbocycles. The van der Waals surface area contributed by atoms with E-state index in [-0.39, 0.29) is 17.0 Å². The first kappa shape index (κ1) is 45.4. The molecular weight excluding hydrogens is 948 g/mol. The third-order valence-corrected chi connectivity index (χ3v) is 14.1. The van der Waals surface area contributed by atoms with Crippen LogP contribution in [-0.4, -0.2) is 24.1 Å². The van der Waals surface area contributed by atoms with Gasteiger partial charge in [0.1, 0.15) is 0 Å². The Labute approximate surface area is 434 Å². The molecule has 0 aliphatic rings. The minimum Gasteiger partial charge on any atom is -0.309 e. The van der Waals surface area contributed by atoms with Crippen LogP contribution in [0, 0.1) is 13.1 Å². The van der Waals surface area contributed by atoms with Crippen molar-refractivity contribution in [2.24, 2.45) is 0 Å². The van der Waals surface area contributed by atoms with Crippen LogP contribution >= 0.6 is 0 Å². The van der Waals surface area contributed by atoms with Gasteiger partial charge in [-0.2, -0.15) is 13.2 Å². The SMILES string of the molecule is [C-]#[N+]c1ccc(-c2ccc3c(c2)c2ccccc2n3-c2cccc(-c3nc(-c4ccccc4)nc(-c4ccccc4)n3)c2-c2c(-n3c4ccccc4c4cc(-c5ccc([N+]#[C-])cc5)ccc43)cccc2C(F)(F)F)cc1. The van der Waals surface area contributed by atoms with Crippen LogP contribution in [0.4, 0.5) is 24.5 Å². The van der Waals surface area contributed by atoms with Crippen molar-refractivity contribution in [2.75, 3.05) is 0 Å². The van der Waals surface area contributed by atoms with Crippen molar-refractivity contribution in [3.63, 3.8) is 0 Å². The smallest absolute Gasteiger partial charge is 0.309 e. The number of hydrogen-bond donors (Lipinski definition) is 0. The van der Waals surface area contributed by atoms with E-state index in [1.54, 1.807) is 30.3 Å². The van der Waals surface area contributed by atoms with E-state index in [9.17, 15) is 0 Å². The maximum atomic E-state index is 16.5. The summed E-state index contributed by atoms with van der Waals surface area (Å²) in [6.45, 7) is 15.0. The van der Waals surface area contributed by atoms with Crippen molar-refractivity contribution in [1.29, 1.82) is 0 Å². The topological polar surface area (TPSA) is 57.2 Å². The summed E-state index contributed by atoms with van der Waals surface area (Å²) in [4.78, 5) is 22.5. The second-order valence-corrected chi connectivity index (χ2v) is 18.4. The van der Waals surface area contributed by atoms with Gasteiger partial charge in [-0.25, -0.2) is 24.6 Å². The molecule has 0 aliphatic carbocycles. The Morgan fingerprint density at radius 3 is 1.22 bits per heavy atom. The highest BCUT2D eigenvalue weighted by atomic mass is 19.4. The molecule has 0 atom stereocenters. The van der Waals surface area contributed by atoms with Gasteiger partial charge in [0, 0.05) is 49.4 Å². The summed E-state index contributed by atoms with van der Waals surface area (Å²) < 4.78 is 53.6. The van der Waals surface area contributed by atoms with Gasteiger partial charge >= 0.3 is 6.18 Å². The van der Waals surface area contributed by atoms with Gasteiger partial charge in [0.25, 0.3) is 0 Å². The molecular formula is C66H38F3N7. The van der Waals surface area contributed by atoms with Crippen molar-refractivity contribution in [2.45, 2.75) is 6.18 Å². The first-order valence-corrected chi connectivity index (χ1v) is 24.5. The van der Waals surface area contributed by atoms with E-state index in [1.165, 1.54) is 6.07 Å². The zero-order chi connectivity index (χ0) is 51.5. The molecule has 13 aromatic rings. The van der Waals surface area contributed by atoms with E-state index in [2.05, 4.69) is 26.4 Å². The van der Waals surface area contributed by atoms with Crippen molar-refractivity contribution < 1.29 is 13.2 Å². The third kappa shape index (κ3) is 7.72. The molecule has 0 bridgehead atoms. The fourth-order valence-corrected chi connectivity index (χ4v) is 10.6. The number of aromatic nitrogens is 5. The second kappa shape index (κ2) is 18.3. The maximum absolute atomic E-state index is 16.5.